The van der Waals surface area contributed by atoms with Crippen molar-refractivity contribution in [2.24, 2.45) is 0 Å². The molecular formula is C13H21O5P. The first-order valence-corrected chi connectivity index (χ1v) is 7.81. The molecule has 0 saturated heterocycles. The quantitative estimate of drug-likeness (QED) is 0.724. The van der Waals surface area contributed by atoms with Crippen LogP contribution in [0.5, 0.6) is 5.75 Å². The molecule has 0 fully saturated rings. The highest BCUT2D eigenvalue weighted by atomic mass is 31.2. The molecule has 1 rings (SSSR count). The van der Waals surface area contributed by atoms with Gasteiger partial charge in [0.2, 0.25) is 0 Å². The molecule has 0 bridgehead atoms. The summed E-state index contributed by atoms with van der Waals surface area (Å²) in [5, 5.41) is 18.4. The molecule has 1 atom stereocenters. The molecule has 1 aromatic rings. The average molecular weight is 288 g/mol. The van der Waals surface area contributed by atoms with Crippen molar-refractivity contribution in [3.8, 4) is 5.75 Å². The van der Waals surface area contributed by atoms with Crippen LogP contribution < -0.4 is 0 Å². The van der Waals surface area contributed by atoms with E-state index < -0.39 is 7.60 Å². The Kier molecular flexibility index (Phi) is 5.16. The van der Waals surface area contributed by atoms with Gasteiger partial charge >= 0.3 is 7.60 Å². The number of rotatable bonds is 5. The summed E-state index contributed by atoms with van der Waals surface area (Å²) in [5.41, 5.74) is 1.07. The van der Waals surface area contributed by atoms with Crippen LogP contribution in [-0.2, 0) is 20.7 Å². The Morgan fingerprint density at radius 3 is 2.47 bits per heavy atom. The third-order valence-electron chi connectivity index (χ3n) is 2.64. The predicted octanol–water partition coefficient (Wildman–Crippen LogP) is 2.38. The Morgan fingerprint density at radius 2 is 1.95 bits per heavy atom. The normalized spacial score (nSPS) is 15.2. The first kappa shape index (κ1) is 16.2. The number of hydrogen-bond donors (Lipinski definition) is 3. The Bertz CT molecular complexity index is 478. The van der Waals surface area contributed by atoms with Crippen molar-refractivity contribution >= 4 is 7.60 Å². The molecule has 0 aromatic heterocycles. The topological polar surface area (TPSA) is 87.0 Å². The van der Waals surface area contributed by atoms with Gasteiger partial charge in [0, 0.05) is 0 Å². The van der Waals surface area contributed by atoms with Crippen molar-refractivity contribution in [2.45, 2.75) is 32.3 Å². The maximum absolute atomic E-state index is 11.7. The number of phenols is 1. The van der Waals surface area contributed by atoms with Crippen molar-refractivity contribution in [3.05, 3.63) is 29.3 Å². The number of benzene rings is 1. The standard InChI is InChI=1S/C13H21O5P/c1-13(2,3)11-8-10(4-5-12(11)15)9-19(16,17)18-7-6-14/h4-5,8,14-15H,6-7,9H2,1-3H3,(H,16,17). The highest BCUT2D eigenvalue weighted by Gasteiger charge is 2.23. The van der Waals surface area contributed by atoms with E-state index in [1.807, 2.05) is 20.8 Å². The fourth-order valence-corrected chi connectivity index (χ4v) is 2.86. The third kappa shape index (κ3) is 4.96. The van der Waals surface area contributed by atoms with Gasteiger partial charge in [-0.3, -0.25) is 4.57 Å². The number of phenolic OH excluding ortho intramolecular Hbond substituents is 1. The van der Waals surface area contributed by atoms with Gasteiger partial charge in [-0.15, -0.1) is 0 Å². The number of aliphatic hydroxyl groups excluding tert-OH is 1. The molecule has 0 heterocycles. The first-order chi connectivity index (χ1) is 8.65. The molecule has 0 amide bonds. The maximum Gasteiger partial charge on any atom is 0.332 e. The summed E-state index contributed by atoms with van der Waals surface area (Å²) in [6.07, 6.45) is -0.143. The molecule has 6 heteroatoms. The summed E-state index contributed by atoms with van der Waals surface area (Å²) in [7, 11) is -3.76. The Morgan fingerprint density at radius 1 is 1.32 bits per heavy atom. The minimum Gasteiger partial charge on any atom is -0.508 e. The van der Waals surface area contributed by atoms with Crippen LogP contribution >= 0.6 is 7.60 Å². The van der Waals surface area contributed by atoms with Crippen molar-refractivity contribution in [3.63, 3.8) is 0 Å². The number of aromatic hydroxyl groups is 1. The van der Waals surface area contributed by atoms with Gasteiger partial charge in [0.05, 0.1) is 19.4 Å². The SMILES string of the molecule is CC(C)(C)c1cc(CP(=O)(O)OCCO)ccc1O. The summed E-state index contributed by atoms with van der Waals surface area (Å²) in [6, 6.07) is 4.82. The average Bonchev–Trinajstić information content (AvgIpc) is 2.27. The van der Waals surface area contributed by atoms with E-state index in [4.69, 9.17) is 9.63 Å². The van der Waals surface area contributed by atoms with Crippen LogP contribution in [0.4, 0.5) is 0 Å². The predicted molar refractivity (Wildman–Crippen MR) is 73.4 cm³/mol. The van der Waals surface area contributed by atoms with E-state index in [0.29, 0.717) is 11.1 Å². The van der Waals surface area contributed by atoms with Gasteiger partial charge in [0.1, 0.15) is 5.75 Å². The van der Waals surface area contributed by atoms with Crippen LogP contribution in [0.1, 0.15) is 31.9 Å². The molecule has 1 aromatic carbocycles. The van der Waals surface area contributed by atoms with Crippen molar-refractivity contribution in [2.75, 3.05) is 13.2 Å². The van der Waals surface area contributed by atoms with E-state index in [2.05, 4.69) is 0 Å². The second-order valence-electron chi connectivity index (χ2n) is 5.45. The van der Waals surface area contributed by atoms with Crippen LogP contribution in [0.25, 0.3) is 0 Å². The first-order valence-electron chi connectivity index (χ1n) is 6.05. The summed E-state index contributed by atoms with van der Waals surface area (Å²) in [4.78, 5) is 9.62. The van der Waals surface area contributed by atoms with Gasteiger partial charge in [-0.1, -0.05) is 32.9 Å². The zero-order valence-electron chi connectivity index (χ0n) is 11.5. The molecule has 5 nitrogen and oxygen atoms in total. The molecule has 3 N–H and O–H groups in total. The molecule has 0 spiro atoms. The molecule has 0 radical (unpaired) electrons. The van der Waals surface area contributed by atoms with E-state index in [-0.39, 0.29) is 30.5 Å². The lowest BCUT2D eigenvalue weighted by Gasteiger charge is -2.21. The van der Waals surface area contributed by atoms with Gasteiger partial charge in [-0.05, 0) is 22.6 Å². The van der Waals surface area contributed by atoms with Crippen LogP contribution in [0, 0.1) is 0 Å². The Balaban J connectivity index is 2.95. The lowest BCUT2D eigenvalue weighted by molar-refractivity contribution is 0.182. The molecule has 1 unspecified atom stereocenters. The Hall–Kier alpha value is -0.870. The minimum absolute atomic E-state index is 0.143. The smallest absolute Gasteiger partial charge is 0.332 e. The lowest BCUT2D eigenvalue weighted by Crippen LogP contribution is -2.12. The van der Waals surface area contributed by atoms with Gasteiger partial charge in [-0.2, -0.15) is 0 Å². The molecule has 108 valence electrons. The summed E-state index contributed by atoms with van der Waals surface area (Å²) < 4.78 is 16.5. The van der Waals surface area contributed by atoms with Crippen LogP contribution in [-0.4, -0.2) is 28.3 Å². The molecule has 0 aliphatic heterocycles. The van der Waals surface area contributed by atoms with E-state index in [1.54, 1.807) is 12.1 Å². The molecular weight excluding hydrogens is 267 g/mol. The van der Waals surface area contributed by atoms with Gasteiger partial charge in [0.25, 0.3) is 0 Å². The molecule has 0 aliphatic rings. The van der Waals surface area contributed by atoms with Crippen LogP contribution in [0.3, 0.4) is 0 Å². The highest BCUT2D eigenvalue weighted by molar-refractivity contribution is 7.51. The van der Waals surface area contributed by atoms with Crippen LogP contribution in [0.2, 0.25) is 0 Å². The molecule has 0 aliphatic carbocycles. The largest absolute Gasteiger partial charge is 0.508 e. The zero-order valence-corrected chi connectivity index (χ0v) is 12.4. The van der Waals surface area contributed by atoms with E-state index in [9.17, 15) is 14.6 Å². The number of aliphatic hydroxyl groups is 1. The lowest BCUT2D eigenvalue weighted by atomic mass is 9.85. The van der Waals surface area contributed by atoms with Crippen LogP contribution in [0.15, 0.2) is 18.2 Å². The summed E-state index contributed by atoms with van der Waals surface area (Å²) in [5.74, 6) is 0.167. The second-order valence-corrected chi connectivity index (χ2v) is 7.30. The summed E-state index contributed by atoms with van der Waals surface area (Å²) >= 11 is 0. The Labute approximate surface area is 113 Å². The highest BCUT2D eigenvalue weighted by Crippen LogP contribution is 2.46. The van der Waals surface area contributed by atoms with E-state index in [0.717, 1.165) is 0 Å². The van der Waals surface area contributed by atoms with Gasteiger partial charge in [0.15, 0.2) is 0 Å². The minimum atomic E-state index is -3.76. The van der Waals surface area contributed by atoms with E-state index >= 15 is 0 Å². The van der Waals surface area contributed by atoms with E-state index in [1.165, 1.54) is 6.07 Å². The monoisotopic (exact) mass is 288 g/mol. The van der Waals surface area contributed by atoms with Crippen molar-refractivity contribution in [1.82, 2.24) is 0 Å². The maximum atomic E-state index is 11.7. The van der Waals surface area contributed by atoms with Gasteiger partial charge in [-0.25, -0.2) is 0 Å². The second kappa shape index (κ2) is 6.06. The summed E-state index contributed by atoms with van der Waals surface area (Å²) in [6.45, 7) is 5.39. The number of hydrogen-bond acceptors (Lipinski definition) is 4. The van der Waals surface area contributed by atoms with Crippen molar-refractivity contribution < 1.29 is 24.2 Å². The zero-order chi connectivity index (χ0) is 14.7. The van der Waals surface area contributed by atoms with Gasteiger partial charge < -0.3 is 19.6 Å². The molecule has 0 saturated carbocycles. The fourth-order valence-electron chi connectivity index (χ4n) is 1.74. The third-order valence-corrected chi connectivity index (χ3v) is 3.99. The van der Waals surface area contributed by atoms with Crippen molar-refractivity contribution in [1.29, 1.82) is 0 Å². The molecule has 19 heavy (non-hydrogen) atoms. The fraction of sp³-hybridized carbons (Fsp3) is 0.538.